The van der Waals surface area contributed by atoms with Crippen LogP contribution in [0.5, 0.6) is 5.75 Å². The number of likely N-dealkylation sites (tertiary alicyclic amines) is 1. The van der Waals surface area contributed by atoms with Gasteiger partial charge in [0, 0.05) is 23.1 Å². The van der Waals surface area contributed by atoms with Crippen molar-refractivity contribution in [2.45, 2.75) is 46.8 Å². The summed E-state index contributed by atoms with van der Waals surface area (Å²) in [5, 5.41) is 11.3. The standard InChI is InChI=1S/C27H33BrN2O4/c1-6-29(7-2)13-14-30-24(19-9-8-10-21(16-19)34-17(3)4)23(26(32)27(30)33)25(31)20-11-12-22(28)18(5)15-20/h8-12,15-17,24,31H,6-7,13-14H2,1-5H3/b25-23-. The van der Waals surface area contributed by atoms with Gasteiger partial charge in [-0.2, -0.15) is 0 Å². The predicted molar refractivity (Wildman–Crippen MR) is 138 cm³/mol. The number of likely N-dealkylation sites (N-methyl/N-ethyl adjacent to an activating group) is 1. The van der Waals surface area contributed by atoms with Gasteiger partial charge in [-0.15, -0.1) is 0 Å². The first kappa shape index (κ1) is 26.0. The van der Waals surface area contributed by atoms with E-state index >= 15 is 0 Å². The molecule has 1 N–H and O–H groups in total. The Morgan fingerprint density at radius 3 is 2.47 bits per heavy atom. The van der Waals surface area contributed by atoms with Crippen molar-refractivity contribution in [2.75, 3.05) is 26.2 Å². The number of halogens is 1. The summed E-state index contributed by atoms with van der Waals surface area (Å²) >= 11 is 3.47. The number of aliphatic hydroxyl groups is 1. The Bertz CT molecular complexity index is 1090. The fraction of sp³-hybridized carbons (Fsp3) is 0.407. The third-order valence-corrected chi connectivity index (χ3v) is 6.96. The number of carbonyl (C=O) groups excluding carboxylic acids is 2. The van der Waals surface area contributed by atoms with E-state index in [9.17, 15) is 14.7 Å². The number of ether oxygens (including phenoxy) is 1. The molecule has 182 valence electrons. The number of carbonyl (C=O) groups is 2. The molecule has 0 spiro atoms. The number of hydrogen-bond acceptors (Lipinski definition) is 5. The van der Waals surface area contributed by atoms with Gasteiger partial charge in [0.05, 0.1) is 17.7 Å². The summed E-state index contributed by atoms with van der Waals surface area (Å²) in [7, 11) is 0. The quantitative estimate of drug-likeness (QED) is 0.271. The van der Waals surface area contributed by atoms with Crippen LogP contribution < -0.4 is 4.74 Å². The van der Waals surface area contributed by atoms with Crippen LogP contribution in [0.1, 0.15) is 50.4 Å². The van der Waals surface area contributed by atoms with Crippen molar-refractivity contribution >= 4 is 33.4 Å². The van der Waals surface area contributed by atoms with Crippen molar-refractivity contribution in [2.24, 2.45) is 0 Å². The largest absolute Gasteiger partial charge is 0.507 e. The molecule has 1 aliphatic rings. The molecule has 6 nitrogen and oxygen atoms in total. The molecule has 0 bridgehead atoms. The van der Waals surface area contributed by atoms with E-state index < -0.39 is 17.7 Å². The maximum absolute atomic E-state index is 13.2. The number of ketones is 1. The number of aryl methyl sites for hydroxylation is 1. The predicted octanol–water partition coefficient (Wildman–Crippen LogP) is 5.31. The summed E-state index contributed by atoms with van der Waals surface area (Å²) in [5.74, 6) is -0.777. The van der Waals surface area contributed by atoms with Crippen LogP contribution in [0.25, 0.3) is 5.76 Å². The Morgan fingerprint density at radius 1 is 1.15 bits per heavy atom. The highest BCUT2D eigenvalue weighted by Crippen LogP contribution is 2.40. The first-order valence-electron chi connectivity index (χ1n) is 11.7. The number of hydrogen-bond donors (Lipinski definition) is 1. The number of nitrogens with zero attached hydrogens (tertiary/aromatic N) is 2. The van der Waals surface area contributed by atoms with Crippen molar-refractivity contribution in [1.82, 2.24) is 9.80 Å². The zero-order chi connectivity index (χ0) is 25.0. The lowest BCUT2D eigenvalue weighted by Crippen LogP contribution is -2.38. The third kappa shape index (κ3) is 5.53. The summed E-state index contributed by atoms with van der Waals surface area (Å²) < 4.78 is 6.77. The van der Waals surface area contributed by atoms with Crippen LogP contribution in [0.4, 0.5) is 0 Å². The van der Waals surface area contributed by atoms with E-state index in [1.54, 1.807) is 17.0 Å². The second-order valence-corrected chi connectivity index (χ2v) is 9.58. The monoisotopic (exact) mass is 528 g/mol. The number of rotatable bonds is 9. The van der Waals surface area contributed by atoms with Crippen LogP contribution in [0.3, 0.4) is 0 Å². The zero-order valence-electron chi connectivity index (χ0n) is 20.5. The van der Waals surface area contributed by atoms with Gasteiger partial charge in [-0.25, -0.2) is 0 Å². The molecule has 1 saturated heterocycles. The van der Waals surface area contributed by atoms with Crippen molar-refractivity contribution in [1.29, 1.82) is 0 Å². The molecular weight excluding hydrogens is 496 g/mol. The van der Waals surface area contributed by atoms with Crippen molar-refractivity contribution in [3.05, 3.63) is 69.2 Å². The Labute approximate surface area is 210 Å². The number of benzene rings is 2. The lowest BCUT2D eigenvalue weighted by atomic mass is 9.94. The average Bonchev–Trinajstić information content (AvgIpc) is 3.05. The second kappa shape index (κ2) is 11.2. The van der Waals surface area contributed by atoms with Crippen LogP contribution in [-0.2, 0) is 9.59 Å². The molecule has 0 aliphatic carbocycles. The van der Waals surface area contributed by atoms with Crippen LogP contribution in [0.2, 0.25) is 0 Å². The van der Waals surface area contributed by atoms with Crippen molar-refractivity contribution in [3.8, 4) is 5.75 Å². The van der Waals surface area contributed by atoms with E-state index in [2.05, 4.69) is 34.7 Å². The van der Waals surface area contributed by atoms with E-state index in [0.717, 1.165) is 28.7 Å². The topological polar surface area (TPSA) is 70.1 Å². The molecule has 1 fully saturated rings. The molecule has 0 saturated carbocycles. The van der Waals surface area contributed by atoms with Gasteiger partial charge in [-0.3, -0.25) is 9.59 Å². The van der Waals surface area contributed by atoms with Crippen molar-refractivity contribution < 1.29 is 19.4 Å². The van der Waals surface area contributed by atoms with Gasteiger partial charge in [0.15, 0.2) is 0 Å². The molecule has 1 aliphatic heterocycles. The highest BCUT2D eigenvalue weighted by molar-refractivity contribution is 9.10. The molecule has 0 aromatic heterocycles. The summed E-state index contributed by atoms with van der Waals surface area (Å²) in [6.07, 6.45) is -0.0185. The highest BCUT2D eigenvalue weighted by atomic mass is 79.9. The van der Waals surface area contributed by atoms with E-state index in [-0.39, 0.29) is 17.4 Å². The Kier molecular flexibility index (Phi) is 8.55. The maximum atomic E-state index is 13.2. The molecule has 2 aromatic carbocycles. The normalized spacial score (nSPS) is 17.8. The van der Waals surface area contributed by atoms with Crippen LogP contribution in [-0.4, -0.2) is 58.9 Å². The summed E-state index contributed by atoms with van der Waals surface area (Å²) in [6, 6.07) is 12.1. The van der Waals surface area contributed by atoms with E-state index in [1.165, 1.54) is 0 Å². The fourth-order valence-electron chi connectivity index (χ4n) is 4.22. The van der Waals surface area contributed by atoms with Crippen LogP contribution in [0, 0.1) is 6.92 Å². The van der Waals surface area contributed by atoms with Gasteiger partial charge in [0.1, 0.15) is 11.5 Å². The molecule has 34 heavy (non-hydrogen) atoms. The lowest BCUT2D eigenvalue weighted by molar-refractivity contribution is -0.140. The molecule has 1 heterocycles. The molecule has 7 heteroatoms. The minimum Gasteiger partial charge on any atom is -0.507 e. The average molecular weight is 529 g/mol. The van der Waals surface area contributed by atoms with Crippen LogP contribution >= 0.6 is 15.9 Å². The summed E-state index contributed by atoms with van der Waals surface area (Å²) in [5.41, 5.74) is 2.26. The summed E-state index contributed by atoms with van der Waals surface area (Å²) in [4.78, 5) is 30.2. The smallest absolute Gasteiger partial charge is 0.295 e. The van der Waals surface area contributed by atoms with Gasteiger partial charge in [-0.1, -0.05) is 48.0 Å². The fourth-order valence-corrected chi connectivity index (χ4v) is 4.47. The van der Waals surface area contributed by atoms with Gasteiger partial charge in [0.25, 0.3) is 11.7 Å². The zero-order valence-corrected chi connectivity index (χ0v) is 22.1. The molecule has 0 radical (unpaired) electrons. The highest BCUT2D eigenvalue weighted by Gasteiger charge is 2.46. The van der Waals surface area contributed by atoms with Crippen molar-refractivity contribution in [3.63, 3.8) is 0 Å². The van der Waals surface area contributed by atoms with E-state index in [1.807, 2.05) is 51.1 Å². The Hall–Kier alpha value is -2.64. The number of aliphatic hydroxyl groups excluding tert-OH is 1. The van der Waals surface area contributed by atoms with Crippen LogP contribution in [0.15, 0.2) is 52.5 Å². The number of Topliss-reactive ketones (excluding diaryl/α,β-unsaturated/α-hetero) is 1. The minimum atomic E-state index is -0.699. The molecular formula is C27H33BrN2O4. The minimum absolute atomic E-state index is 0.0185. The van der Waals surface area contributed by atoms with Gasteiger partial charge >= 0.3 is 0 Å². The Morgan fingerprint density at radius 2 is 1.85 bits per heavy atom. The Balaban J connectivity index is 2.13. The number of amides is 1. The van der Waals surface area contributed by atoms with Gasteiger partial charge in [-0.05, 0) is 69.3 Å². The third-order valence-electron chi connectivity index (χ3n) is 6.07. The molecule has 1 unspecified atom stereocenters. The SMILES string of the molecule is CCN(CC)CCN1C(=O)C(=O)/C(=C(\O)c2ccc(Br)c(C)c2)C1c1cccc(OC(C)C)c1. The molecule has 3 rings (SSSR count). The van der Waals surface area contributed by atoms with E-state index in [4.69, 9.17) is 4.74 Å². The van der Waals surface area contributed by atoms with Gasteiger partial charge < -0.3 is 19.6 Å². The second-order valence-electron chi connectivity index (χ2n) is 8.72. The maximum Gasteiger partial charge on any atom is 0.295 e. The first-order chi connectivity index (χ1) is 16.2. The van der Waals surface area contributed by atoms with Gasteiger partial charge in [0.2, 0.25) is 0 Å². The molecule has 1 atom stereocenters. The molecule has 2 aromatic rings. The lowest BCUT2D eigenvalue weighted by Gasteiger charge is -2.28. The first-order valence-corrected chi connectivity index (χ1v) is 12.5. The summed E-state index contributed by atoms with van der Waals surface area (Å²) in [6.45, 7) is 12.6. The molecule has 1 amide bonds. The van der Waals surface area contributed by atoms with E-state index in [0.29, 0.717) is 24.4 Å².